The van der Waals surface area contributed by atoms with Gasteiger partial charge in [-0.1, -0.05) is 0 Å². The van der Waals surface area contributed by atoms with Crippen LogP contribution in [0.2, 0.25) is 0 Å². The van der Waals surface area contributed by atoms with E-state index in [2.05, 4.69) is 0 Å². The summed E-state index contributed by atoms with van der Waals surface area (Å²) in [5, 5.41) is 0. The standard InChI is InChI=1S/3C22H18F6OS.O.Sb/c3*1-2-15-3-9-18(10-4-15)30(29,19-11-5-16(6-12-19)21(23,24)25)20-13-7-17(8-14-20)22(26,27)28;;/h3*3-14,29H,2H2,1H3;;/q;;;;+3/p-3. The molecule has 92 heavy (non-hydrogen) atoms. The van der Waals surface area contributed by atoms with E-state index in [0.29, 0.717) is 109 Å². The van der Waals surface area contributed by atoms with Crippen LogP contribution in [0, 0.1) is 0 Å². The van der Waals surface area contributed by atoms with E-state index in [1.165, 1.54) is 72.8 Å². The summed E-state index contributed by atoms with van der Waals surface area (Å²) >= 11 is -8.29. The Morgan fingerprint density at radius 1 is 0.239 bits per heavy atom. The number of halogens is 18. The summed E-state index contributed by atoms with van der Waals surface area (Å²) in [4.78, 5) is -2.92. The van der Waals surface area contributed by atoms with Gasteiger partial charge < -0.3 is 0 Å². The van der Waals surface area contributed by atoms with E-state index in [0.717, 1.165) is 72.8 Å². The average Bonchev–Trinajstić information content (AvgIpc) is 0.718. The molecule has 488 valence electrons. The molecule has 4 nitrogen and oxygen atoms in total. The summed E-state index contributed by atoms with van der Waals surface area (Å²) < 4.78 is 306. The molecule has 9 aromatic rings. The first-order valence-corrected chi connectivity index (χ1v) is 36.4. The molecule has 0 bridgehead atoms. The fourth-order valence-electron chi connectivity index (χ4n) is 9.82. The molecular weight excluding hydrogens is 1420 g/mol. The molecule has 0 amide bonds. The quantitative estimate of drug-likeness (QED) is 0.0634. The zero-order valence-electron chi connectivity index (χ0n) is 48.0. The Hall–Kier alpha value is -6.73. The Morgan fingerprint density at radius 2 is 0.359 bits per heavy atom. The summed E-state index contributed by atoms with van der Waals surface area (Å²) in [5.74, 6) is 0. The first-order chi connectivity index (χ1) is 43.0. The zero-order valence-corrected chi connectivity index (χ0v) is 53.0. The van der Waals surface area contributed by atoms with Crippen molar-refractivity contribution in [2.75, 3.05) is 0 Å². The Balaban J connectivity index is 1.53. The second kappa shape index (κ2) is 26.2. The molecule has 0 unspecified atom stereocenters. The van der Waals surface area contributed by atoms with Crippen LogP contribution in [0.4, 0.5) is 79.0 Å². The van der Waals surface area contributed by atoms with Gasteiger partial charge in [0, 0.05) is 0 Å². The van der Waals surface area contributed by atoms with Crippen LogP contribution in [0.1, 0.15) is 70.8 Å². The van der Waals surface area contributed by atoms with Gasteiger partial charge in [0.2, 0.25) is 0 Å². The number of alkyl halides is 18. The van der Waals surface area contributed by atoms with Crippen LogP contribution >= 0.6 is 30.9 Å². The molecule has 0 saturated heterocycles. The molecule has 9 aromatic carbocycles. The Bertz CT molecular complexity index is 3430. The third kappa shape index (κ3) is 14.5. The second-order valence-electron chi connectivity index (χ2n) is 20.5. The minimum absolute atomic E-state index is 0.176. The Morgan fingerprint density at radius 3 is 0.467 bits per heavy atom. The van der Waals surface area contributed by atoms with Gasteiger partial charge in [-0.25, -0.2) is 0 Å². The zero-order chi connectivity index (χ0) is 67.1. The van der Waals surface area contributed by atoms with Crippen molar-refractivity contribution in [3.63, 3.8) is 0 Å². The van der Waals surface area contributed by atoms with Crippen LogP contribution in [0.3, 0.4) is 0 Å². The van der Waals surface area contributed by atoms with E-state index in [1.54, 1.807) is 20.8 Å². The second-order valence-corrected chi connectivity index (χ2v) is 34.9. The summed E-state index contributed by atoms with van der Waals surface area (Å²) in [6.07, 6.45) is -29.5. The predicted octanol–water partition coefficient (Wildman–Crippen LogP) is 23.4. The van der Waals surface area contributed by atoms with Crippen molar-refractivity contribution in [1.82, 2.24) is 0 Å². The third-order valence-corrected chi connectivity index (χ3v) is 34.8. The number of hydrogen-bond acceptors (Lipinski definition) is 4. The fourth-order valence-corrected chi connectivity index (χ4v) is 34.4. The Kier molecular flexibility index (Phi) is 19.8. The molecule has 9 rings (SSSR count). The van der Waals surface area contributed by atoms with Crippen LogP contribution in [-0.4, -0.2) is 20.1 Å². The molecule has 0 spiro atoms. The van der Waals surface area contributed by atoms with Crippen LogP contribution < -0.4 is 0 Å². The number of aryl methyl sites for hydroxylation is 3. The predicted molar refractivity (Wildman–Crippen MR) is 313 cm³/mol. The van der Waals surface area contributed by atoms with E-state index in [1.807, 2.05) is 0 Å². The van der Waals surface area contributed by atoms with Gasteiger partial charge in [-0.3, -0.25) is 0 Å². The molecule has 0 radical (unpaired) electrons. The van der Waals surface area contributed by atoms with Gasteiger partial charge >= 0.3 is 530 Å². The first-order valence-electron chi connectivity index (χ1n) is 27.5. The topological polar surface area (TPSA) is 44.8 Å². The maximum absolute atomic E-state index is 18.6. The van der Waals surface area contributed by atoms with Gasteiger partial charge in [0.05, 0.1) is 0 Å². The first kappa shape index (κ1) is 69.6. The van der Waals surface area contributed by atoms with Crippen LogP contribution in [0.25, 0.3) is 0 Å². The van der Waals surface area contributed by atoms with E-state index in [-0.39, 0.29) is 14.7 Å². The van der Waals surface area contributed by atoms with Gasteiger partial charge in [0.1, 0.15) is 0 Å². The van der Waals surface area contributed by atoms with E-state index < -0.39 is 151 Å². The normalized spacial score (nSPS) is 13.9. The number of rotatable bonds is 18. The van der Waals surface area contributed by atoms with E-state index in [4.69, 9.17) is 7.38 Å². The molecule has 0 fully saturated rings. The van der Waals surface area contributed by atoms with Crippen LogP contribution in [0.15, 0.2) is 262 Å². The van der Waals surface area contributed by atoms with Gasteiger partial charge in [-0.05, 0) is 0 Å². The maximum atomic E-state index is 18.6. The van der Waals surface area contributed by atoms with Crippen molar-refractivity contribution in [2.45, 2.75) is 121 Å². The molecule has 0 aliphatic rings. The molecule has 0 aromatic heterocycles. The summed E-state index contributed by atoms with van der Waals surface area (Å²) in [7, 11) is -13.4. The van der Waals surface area contributed by atoms with Crippen LogP contribution in [0.5, 0.6) is 0 Å². The van der Waals surface area contributed by atoms with Crippen molar-refractivity contribution < 1.29 is 89.4 Å². The van der Waals surface area contributed by atoms with Gasteiger partial charge in [0.15, 0.2) is 0 Å². The molecular formula is C66H51F18O4S3Sb. The van der Waals surface area contributed by atoms with Gasteiger partial charge in [-0.15, -0.1) is 0 Å². The SMILES string of the molecule is CCc1ccc(S([O][Sb](=[O])([O]S(c2ccc(CC)cc2)(c2ccc(C(F)(F)F)cc2)c2ccc(C(F)(F)F)cc2)[O]S(c2ccc(CC)cc2)(c2ccc(C(F)(F)F)cc2)c2ccc(C(F)(F)F)cc2)(c2ccc(C(F)(F)F)cc2)c2ccc(C(F)(F)F)cc2)cc1. The van der Waals surface area contributed by atoms with Crippen molar-refractivity contribution >= 4 is 51.0 Å². The fraction of sp³-hybridized carbons (Fsp3) is 0.182. The van der Waals surface area contributed by atoms with Crippen molar-refractivity contribution in [2.24, 2.45) is 0 Å². The molecule has 0 heterocycles. The molecule has 0 aliphatic carbocycles. The molecule has 0 aliphatic heterocycles. The van der Waals surface area contributed by atoms with Gasteiger partial charge in [0.25, 0.3) is 0 Å². The summed E-state index contributed by atoms with van der Waals surface area (Å²) in [6.45, 7) is 5.19. The number of benzene rings is 9. The van der Waals surface area contributed by atoms with E-state index in [9.17, 15) is 79.0 Å². The van der Waals surface area contributed by atoms with Crippen molar-refractivity contribution in [1.29, 1.82) is 0 Å². The molecule has 0 saturated carbocycles. The Labute approximate surface area is 526 Å². The van der Waals surface area contributed by atoms with Crippen molar-refractivity contribution in [3.05, 3.63) is 268 Å². The summed E-state index contributed by atoms with van der Waals surface area (Å²) in [6, 6.07) is 34.1. The average molecular weight is 1470 g/mol. The minimum atomic E-state index is -8.29. The molecule has 26 heteroatoms. The van der Waals surface area contributed by atoms with Crippen molar-refractivity contribution in [3.8, 4) is 0 Å². The third-order valence-electron chi connectivity index (χ3n) is 14.7. The monoisotopic (exact) mass is 1470 g/mol. The van der Waals surface area contributed by atoms with Crippen LogP contribution in [-0.2, 0) is 66.7 Å². The number of hydrogen-bond donors (Lipinski definition) is 0. The summed E-state index contributed by atoms with van der Waals surface area (Å²) in [5.41, 5.74) is -6.05. The molecule has 0 atom stereocenters. The van der Waals surface area contributed by atoms with Gasteiger partial charge in [-0.2, -0.15) is 0 Å². The van der Waals surface area contributed by atoms with E-state index >= 15 is 3.02 Å². The molecule has 0 N–H and O–H groups in total.